The van der Waals surface area contributed by atoms with E-state index in [4.69, 9.17) is 5.73 Å². The highest BCUT2D eigenvalue weighted by molar-refractivity contribution is 5.81. The average Bonchev–Trinajstić information content (AvgIpc) is 2.00. The first-order valence-electron chi connectivity index (χ1n) is 4.38. The van der Waals surface area contributed by atoms with Gasteiger partial charge in [0.05, 0.1) is 12.1 Å². The summed E-state index contributed by atoms with van der Waals surface area (Å²) < 4.78 is 0. The maximum absolute atomic E-state index is 11.2. The van der Waals surface area contributed by atoms with Crippen molar-refractivity contribution in [1.29, 1.82) is 0 Å². The molecule has 1 amide bonds. The lowest BCUT2D eigenvalue weighted by Crippen LogP contribution is -2.59. The van der Waals surface area contributed by atoms with Crippen LogP contribution in [0.1, 0.15) is 13.3 Å². The zero-order valence-electron chi connectivity index (χ0n) is 7.71. The summed E-state index contributed by atoms with van der Waals surface area (Å²) in [6.45, 7) is 3.81. The van der Waals surface area contributed by atoms with Gasteiger partial charge in [0, 0.05) is 13.1 Å². The van der Waals surface area contributed by atoms with E-state index in [-0.39, 0.29) is 11.9 Å². The van der Waals surface area contributed by atoms with E-state index in [0.29, 0.717) is 12.5 Å². The predicted molar refractivity (Wildman–Crippen MR) is 47.7 cm³/mol. The minimum Gasteiger partial charge on any atom is -0.349 e. The fourth-order valence-electron chi connectivity index (χ4n) is 1.28. The minimum absolute atomic E-state index is 0.0180. The average molecular weight is 171 g/mol. The maximum atomic E-state index is 11.2. The summed E-state index contributed by atoms with van der Waals surface area (Å²) in [4.78, 5) is 13.4. The molecule has 1 fully saturated rings. The van der Waals surface area contributed by atoms with E-state index in [9.17, 15) is 4.79 Å². The molecule has 0 bridgehead atoms. The number of nitrogens with zero attached hydrogens (tertiary/aromatic N) is 1. The SMILES string of the molecule is CC[C@H](N)C(=O)NC1CN(C)C1. The third-order valence-electron chi connectivity index (χ3n) is 2.19. The van der Waals surface area contributed by atoms with Crippen molar-refractivity contribution in [2.45, 2.75) is 25.4 Å². The van der Waals surface area contributed by atoms with Gasteiger partial charge in [0.1, 0.15) is 0 Å². The Morgan fingerprint density at radius 1 is 1.75 bits per heavy atom. The number of nitrogens with two attached hydrogens (primary N) is 1. The Morgan fingerprint density at radius 3 is 2.75 bits per heavy atom. The van der Waals surface area contributed by atoms with Gasteiger partial charge in [-0.25, -0.2) is 0 Å². The maximum Gasteiger partial charge on any atom is 0.237 e. The number of nitrogens with one attached hydrogen (secondary N) is 1. The summed E-state index contributed by atoms with van der Waals surface area (Å²) in [5.74, 6) is -0.0180. The summed E-state index contributed by atoms with van der Waals surface area (Å²) in [7, 11) is 2.03. The molecule has 0 aromatic heterocycles. The van der Waals surface area contributed by atoms with Crippen molar-refractivity contribution < 1.29 is 4.79 Å². The van der Waals surface area contributed by atoms with Crippen LogP contribution in [-0.2, 0) is 4.79 Å². The van der Waals surface area contributed by atoms with Crippen molar-refractivity contribution in [3.63, 3.8) is 0 Å². The van der Waals surface area contributed by atoms with Gasteiger partial charge in [-0.2, -0.15) is 0 Å². The zero-order valence-corrected chi connectivity index (χ0v) is 7.71. The molecule has 3 N–H and O–H groups in total. The molecule has 4 heteroatoms. The molecule has 1 aliphatic rings. The normalized spacial score (nSPS) is 21.6. The monoisotopic (exact) mass is 171 g/mol. The first kappa shape index (κ1) is 9.48. The summed E-state index contributed by atoms with van der Waals surface area (Å²) in [6, 6.07) is -0.0176. The minimum atomic E-state index is -0.337. The third kappa shape index (κ3) is 2.19. The van der Waals surface area contributed by atoms with Crippen LogP contribution in [0.2, 0.25) is 0 Å². The lowest BCUT2D eigenvalue weighted by molar-refractivity contribution is -0.124. The number of carbonyl (C=O) groups is 1. The van der Waals surface area contributed by atoms with Crippen molar-refractivity contribution in [3.05, 3.63) is 0 Å². The van der Waals surface area contributed by atoms with E-state index in [1.165, 1.54) is 0 Å². The first-order chi connectivity index (χ1) is 5.63. The van der Waals surface area contributed by atoms with Crippen LogP contribution < -0.4 is 11.1 Å². The smallest absolute Gasteiger partial charge is 0.237 e. The van der Waals surface area contributed by atoms with Crippen molar-refractivity contribution in [2.24, 2.45) is 5.73 Å². The topological polar surface area (TPSA) is 58.4 Å². The number of hydrogen-bond donors (Lipinski definition) is 2. The zero-order chi connectivity index (χ0) is 9.14. The number of rotatable bonds is 3. The molecule has 0 radical (unpaired) electrons. The molecule has 1 saturated heterocycles. The summed E-state index contributed by atoms with van der Waals surface area (Å²) in [5, 5.41) is 2.89. The molecule has 0 unspecified atom stereocenters. The van der Waals surface area contributed by atoms with Crippen LogP contribution in [-0.4, -0.2) is 43.0 Å². The van der Waals surface area contributed by atoms with Crippen LogP contribution >= 0.6 is 0 Å². The molecule has 0 spiro atoms. The van der Waals surface area contributed by atoms with E-state index in [1.807, 2.05) is 14.0 Å². The van der Waals surface area contributed by atoms with Crippen LogP contribution in [0.3, 0.4) is 0 Å². The fourth-order valence-corrected chi connectivity index (χ4v) is 1.28. The van der Waals surface area contributed by atoms with Crippen LogP contribution in [0.15, 0.2) is 0 Å². The second-order valence-corrected chi connectivity index (χ2v) is 3.44. The Kier molecular flexibility index (Phi) is 3.05. The highest BCUT2D eigenvalue weighted by Crippen LogP contribution is 2.03. The summed E-state index contributed by atoms with van der Waals surface area (Å²) in [5.41, 5.74) is 5.55. The molecular formula is C8H17N3O. The highest BCUT2D eigenvalue weighted by Gasteiger charge is 2.25. The van der Waals surface area contributed by atoms with Gasteiger partial charge in [0.25, 0.3) is 0 Å². The molecule has 0 saturated carbocycles. The van der Waals surface area contributed by atoms with Gasteiger partial charge >= 0.3 is 0 Å². The fraction of sp³-hybridized carbons (Fsp3) is 0.875. The number of amides is 1. The van der Waals surface area contributed by atoms with E-state index < -0.39 is 0 Å². The quantitative estimate of drug-likeness (QED) is 0.582. The number of likely N-dealkylation sites (N-methyl/N-ethyl adjacent to an activating group) is 1. The molecule has 12 heavy (non-hydrogen) atoms. The first-order valence-corrected chi connectivity index (χ1v) is 4.38. The molecule has 70 valence electrons. The van der Waals surface area contributed by atoms with E-state index in [0.717, 1.165) is 13.1 Å². The molecule has 1 aliphatic heterocycles. The second kappa shape index (κ2) is 3.87. The van der Waals surface area contributed by atoms with Crippen LogP contribution in [0.5, 0.6) is 0 Å². The Labute approximate surface area is 73.1 Å². The lowest BCUT2D eigenvalue weighted by atomic mass is 10.1. The predicted octanol–water partition coefficient (Wildman–Crippen LogP) is -0.846. The Morgan fingerprint density at radius 2 is 2.33 bits per heavy atom. The lowest BCUT2D eigenvalue weighted by Gasteiger charge is -2.37. The highest BCUT2D eigenvalue weighted by atomic mass is 16.2. The standard InChI is InChI=1S/C8H17N3O/c1-3-7(9)8(12)10-6-4-11(2)5-6/h6-7H,3-5,9H2,1-2H3,(H,10,12)/t7-/m0/s1. The molecular weight excluding hydrogens is 154 g/mol. The summed E-state index contributed by atoms with van der Waals surface area (Å²) in [6.07, 6.45) is 0.703. The van der Waals surface area contributed by atoms with E-state index >= 15 is 0 Å². The van der Waals surface area contributed by atoms with Crippen LogP contribution in [0.4, 0.5) is 0 Å². The van der Waals surface area contributed by atoms with Crippen LogP contribution in [0, 0.1) is 0 Å². The van der Waals surface area contributed by atoms with E-state index in [1.54, 1.807) is 0 Å². The largest absolute Gasteiger partial charge is 0.349 e. The number of likely N-dealkylation sites (tertiary alicyclic amines) is 1. The molecule has 1 atom stereocenters. The van der Waals surface area contributed by atoms with Crippen LogP contribution in [0.25, 0.3) is 0 Å². The molecule has 1 heterocycles. The second-order valence-electron chi connectivity index (χ2n) is 3.44. The van der Waals surface area contributed by atoms with Gasteiger partial charge in [0.15, 0.2) is 0 Å². The summed E-state index contributed by atoms with van der Waals surface area (Å²) >= 11 is 0. The Bertz CT molecular complexity index is 166. The third-order valence-corrected chi connectivity index (χ3v) is 2.19. The van der Waals surface area contributed by atoms with Gasteiger partial charge in [-0.05, 0) is 13.5 Å². The van der Waals surface area contributed by atoms with Gasteiger partial charge in [-0.3, -0.25) is 4.79 Å². The van der Waals surface area contributed by atoms with Crippen molar-refractivity contribution in [3.8, 4) is 0 Å². The van der Waals surface area contributed by atoms with E-state index in [2.05, 4.69) is 10.2 Å². The Balaban J connectivity index is 2.18. The molecule has 0 aromatic carbocycles. The van der Waals surface area contributed by atoms with Gasteiger partial charge in [-0.1, -0.05) is 6.92 Å². The molecule has 0 aliphatic carbocycles. The number of carbonyl (C=O) groups excluding carboxylic acids is 1. The van der Waals surface area contributed by atoms with Crippen molar-refractivity contribution in [1.82, 2.24) is 10.2 Å². The molecule has 4 nitrogen and oxygen atoms in total. The van der Waals surface area contributed by atoms with Crippen molar-refractivity contribution in [2.75, 3.05) is 20.1 Å². The van der Waals surface area contributed by atoms with Gasteiger partial charge in [0.2, 0.25) is 5.91 Å². The van der Waals surface area contributed by atoms with Gasteiger partial charge in [-0.15, -0.1) is 0 Å². The Hall–Kier alpha value is -0.610. The van der Waals surface area contributed by atoms with Gasteiger partial charge < -0.3 is 16.0 Å². The van der Waals surface area contributed by atoms with Crippen molar-refractivity contribution >= 4 is 5.91 Å². The molecule has 0 aromatic rings. The molecule has 1 rings (SSSR count). The number of hydrogen-bond acceptors (Lipinski definition) is 3.